The molecule has 2 N–H and O–H groups in total. The Bertz CT molecular complexity index is 659. The number of allylic oxidation sites excluding steroid dienone is 1. The molecule has 0 amide bonds. The number of aliphatic carboxylic acids is 1. The van der Waals surface area contributed by atoms with Gasteiger partial charge in [-0.05, 0) is 29.0 Å². The van der Waals surface area contributed by atoms with Gasteiger partial charge in [-0.3, -0.25) is 0 Å². The van der Waals surface area contributed by atoms with Gasteiger partial charge in [0.2, 0.25) is 5.95 Å². The van der Waals surface area contributed by atoms with Gasteiger partial charge >= 0.3 is 5.97 Å². The number of hydrogen-bond acceptors (Lipinski definition) is 5. The van der Waals surface area contributed by atoms with Gasteiger partial charge in [0.25, 0.3) is 0 Å². The molecule has 1 aliphatic heterocycles. The summed E-state index contributed by atoms with van der Waals surface area (Å²) in [4.78, 5) is 11.1. The Morgan fingerprint density at radius 2 is 2.11 bits per heavy atom. The fourth-order valence-electron chi connectivity index (χ4n) is 1.98. The highest BCUT2D eigenvalue weighted by atomic mass is 16.4. The van der Waals surface area contributed by atoms with E-state index < -0.39 is 5.97 Å². The largest absolute Gasteiger partial charge is 0.477 e. The molecule has 0 saturated heterocycles. The predicted molar refractivity (Wildman–Crippen MR) is 66.5 cm³/mol. The van der Waals surface area contributed by atoms with E-state index in [9.17, 15) is 4.79 Å². The van der Waals surface area contributed by atoms with Gasteiger partial charge in [-0.2, -0.15) is 4.68 Å². The van der Waals surface area contributed by atoms with E-state index in [0.717, 1.165) is 11.1 Å². The molecule has 1 atom stereocenters. The van der Waals surface area contributed by atoms with Crippen LogP contribution < -0.4 is 5.32 Å². The topological polar surface area (TPSA) is 92.9 Å². The number of hydrogen-bond donors (Lipinski definition) is 2. The Morgan fingerprint density at radius 1 is 1.37 bits per heavy atom. The third kappa shape index (κ3) is 1.95. The quantitative estimate of drug-likeness (QED) is 0.832. The molecule has 7 heteroatoms. The predicted octanol–water partition coefficient (Wildman–Crippen LogP) is 0.965. The molecule has 1 aromatic heterocycles. The smallest absolute Gasteiger partial charge is 0.352 e. The summed E-state index contributed by atoms with van der Waals surface area (Å²) in [7, 11) is 0. The Kier molecular flexibility index (Phi) is 2.52. The second-order valence-corrected chi connectivity index (χ2v) is 4.31. The Hall–Kier alpha value is -2.70. The highest BCUT2D eigenvalue weighted by Crippen LogP contribution is 2.27. The van der Waals surface area contributed by atoms with E-state index in [0.29, 0.717) is 5.95 Å². The van der Waals surface area contributed by atoms with Crippen molar-refractivity contribution in [3.05, 3.63) is 47.2 Å². The van der Waals surface area contributed by atoms with Gasteiger partial charge in [0.1, 0.15) is 11.7 Å². The lowest BCUT2D eigenvalue weighted by molar-refractivity contribution is -0.132. The van der Waals surface area contributed by atoms with Gasteiger partial charge in [0, 0.05) is 0 Å². The minimum Gasteiger partial charge on any atom is -0.477 e. The number of fused-ring (bicyclic) bond motifs is 1. The Labute approximate surface area is 108 Å². The lowest BCUT2D eigenvalue weighted by Crippen LogP contribution is -2.24. The van der Waals surface area contributed by atoms with E-state index in [1.807, 2.05) is 31.2 Å². The van der Waals surface area contributed by atoms with E-state index >= 15 is 0 Å². The summed E-state index contributed by atoms with van der Waals surface area (Å²) in [6, 6.07) is 7.49. The first-order chi connectivity index (χ1) is 9.15. The maximum absolute atomic E-state index is 11.1. The standard InChI is InChI=1S/C12H11N5O2/c1-7-2-4-8(5-3-7)10-6-9(11(18)19)13-12-14-15-16-17(10)12/h2-6,10H,1H3,(H,18,19)(H,13,14,16)/t10-/m0/s1. The Balaban J connectivity index is 2.09. The van der Waals surface area contributed by atoms with Crippen LogP contribution >= 0.6 is 0 Å². The molecule has 3 rings (SSSR count). The molecule has 0 bridgehead atoms. The van der Waals surface area contributed by atoms with Gasteiger partial charge in [-0.1, -0.05) is 34.9 Å². The summed E-state index contributed by atoms with van der Waals surface area (Å²) in [5, 5.41) is 23.0. The summed E-state index contributed by atoms with van der Waals surface area (Å²) in [5.41, 5.74) is 2.14. The number of carbonyl (C=O) groups is 1. The maximum atomic E-state index is 11.1. The highest BCUT2D eigenvalue weighted by Gasteiger charge is 2.26. The molecule has 0 saturated carbocycles. The second-order valence-electron chi connectivity index (χ2n) is 4.31. The first-order valence-corrected chi connectivity index (χ1v) is 5.72. The van der Waals surface area contributed by atoms with Crippen molar-refractivity contribution < 1.29 is 9.90 Å². The highest BCUT2D eigenvalue weighted by molar-refractivity contribution is 5.90. The molecule has 2 heterocycles. The molecule has 2 aromatic rings. The van der Waals surface area contributed by atoms with Crippen LogP contribution in [0.15, 0.2) is 36.0 Å². The number of rotatable bonds is 2. The average Bonchev–Trinajstić information content (AvgIpc) is 2.86. The van der Waals surface area contributed by atoms with Crippen LogP contribution in [0, 0.1) is 6.92 Å². The van der Waals surface area contributed by atoms with E-state index in [2.05, 4.69) is 20.8 Å². The van der Waals surface area contributed by atoms with Crippen molar-refractivity contribution in [1.82, 2.24) is 20.2 Å². The SMILES string of the molecule is Cc1ccc([C@@H]2C=C(C(=O)O)Nc3nnnn32)cc1. The summed E-state index contributed by atoms with van der Waals surface area (Å²) < 4.78 is 1.55. The van der Waals surface area contributed by atoms with Gasteiger partial charge < -0.3 is 10.4 Å². The minimum atomic E-state index is -1.04. The van der Waals surface area contributed by atoms with Crippen molar-refractivity contribution in [1.29, 1.82) is 0 Å². The van der Waals surface area contributed by atoms with E-state index in [1.165, 1.54) is 0 Å². The lowest BCUT2D eigenvalue weighted by atomic mass is 10.0. The molecule has 0 unspecified atom stereocenters. The van der Waals surface area contributed by atoms with Crippen LogP contribution in [0.1, 0.15) is 17.2 Å². The number of carboxylic acid groups (broad SMARTS) is 1. The van der Waals surface area contributed by atoms with Crippen molar-refractivity contribution in [3.8, 4) is 0 Å². The van der Waals surface area contributed by atoms with Crippen LogP contribution in [-0.2, 0) is 4.79 Å². The zero-order chi connectivity index (χ0) is 13.4. The van der Waals surface area contributed by atoms with E-state index in [4.69, 9.17) is 5.11 Å². The van der Waals surface area contributed by atoms with Crippen LogP contribution in [0.5, 0.6) is 0 Å². The van der Waals surface area contributed by atoms with Crippen molar-refractivity contribution in [2.75, 3.05) is 5.32 Å². The van der Waals surface area contributed by atoms with Crippen LogP contribution in [-0.4, -0.2) is 31.3 Å². The summed E-state index contributed by atoms with van der Waals surface area (Å²) >= 11 is 0. The first kappa shape index (κ1) is 11.4. The van der Waals surface area contributed by atoms with Crippen molar-refractivity contribution in [2.24, 2.45) is 0 Å². The fourth-order valence-corrected chi connectivity index (χ4v) is 1.98. The summed E-state index contributed by atoms with van der Waals surface area (Å²) in [6.07, 6.45) is 1.59. The van der Waals surface area contributed by atoms with Gasteiger partial charge in [0.15, 0.2) is 0 Å². The monoisotopic (exact) mass is 257 g/mol. The molecule has 0 aliphatic carbocycles. The van der Waals surface area contributed by atoms with Crippen LogP contribution in [0.2, 0.25) is 0 Å². The average molecular weight is 257 g/mol. The number of tetrazole rings is 1. The molecular formula is C12H11N5O2. The summed E-state index contributed by atoms with van der Waals surface area (Å²) in [5.74, 6) is -0.711. The number of carboxylic acids is 1. The third-order valence-electron chi connectivity index (χ3n) is 2.98. The minimum absolute atomic E-state index is 0.0767. The van der Waals surface area contributed by atoms with Gasteiger partial charge in [-0.15, -0.1) is 0 Å². The molecule has 96 valence electrons. The second kappa shape index (κ2) is 4.20. The molecular weight excluding hydrogens is 246 g/mol. The molecule has 19 heavy (non-hydrogen) atoms. The normalized spacial score (nSPS) is 17.3. The zero-order valence-electron chi connectivity index (χ0n) is 10.1. The first-order valence-electron chi connectivity index (χ1n) is 5.72. The summed E-state index contributed by atoms with van der Waals surface area (Å²) in [6.45, 7) is 1.99. The van der Waals surface area contributed by atoms with E-state index in [1.54, 1.807) is 10.8 Å². The van der Waals surface area contributed by atoms with Crippen molar-refractivity contribution in [3.63, 3.8) is 0 Å². The molecule has 0 fully saturated rings. The number of benzene rings is 1. The van der Waals surface area contributed by atoms with Crippen LogP contribution in [0.3, 0.4) is 0 Å². The maximum Gasteiger partial charge on any atom is 0.352 e. The van der Waals surface area contributed by atoms with Crippen LogP contribution in [0.4, 0.5) is 5.95 Å². The van der Waals surface area contributed by atoms with Crippen LogP contribution in [0.25, 0.3) is 0 Å². The van der Waals surface area contributed by atoms with E-state index in [-0.39, 0.29) is 11.7 Å². The fraction of sp³-hybridized carbons (Fsp3) is 0.167. The molecule has 0 spiro atoms. The number of nitrogens with one attached hydrogen (secondary N) is 1. The molecule has 1 aliphatic rings. The van der Waals surface area contributed by atoms with Gasteiger partial charge in [0.05, 0.1) is 0 Å². The van der Waals surface area contributed by atoms with Gasteiger partial charge in [-0.25, -0.2) is 4.79 Å². The third-order valence-corrected chi connectivity index (χ3v) is 2.98. The number of aromatic nitrogens is 4. The molecule has 7 nitrogen and oxygen atoms in total. The number of aryl methyl sites for hydroxylation is 1. The lowest BCUT2D eigenvalue weighted by Gasteiger charge is -2.21. The zero-order valence-corrected chi connectivity index (χ0v) is 10.1. The van der Waals surface area contributed by atoms with Crippen molar-refractivity contribution in [2.45, 2.75) is 13.0 Å². The molecule has 0 radical (unpaired) electrons. The molecule has 1 aromatic carbocycles. The number of anilines is 1. The Morgan fingerprint density at radius 3 is 2.79 bits per heavy atom. The number of nitrogens with zero attached hydrogens (tertiary/aromatic N) is 4. The van der Waals surface area contributed by atoms with Crippen molar-refractivity contribution >= 4 is 11.9 Å².